The fourth-order valence-electron chi connectivity index (χ4n) is 3.31. The lowest BCUT2D eigenvalue weighted by molar-refractivity contribution is -0.138. The molecular formula is C24H24F3N3O2S. The summed E-state index contributed by atoms with van der Waals surface area (Å²) in [5.41, 5.74) is 1.05. The Hall–Kier alpha value is -3.20. The fraction of sp³-hybridized carbons (Fsp3) is 0.250. The van der Waals surface area contributed by atoms with Crippen LogP contribution in [0.3, 0.4) is 0 Å². The van der Waals surface area contributed by atoms with Gasteiger partial charge < -0.3 is 5.32 Å². The monoisotopic (exact) mass is 475 g/mol. The zero-order valence-electron chi connectivity index (χ0n) is 18.3. The van der Waals surface area contributed by atoms with E-state index >= 15 is 0 Å². The molecular weight excluding hydrogens is 451 g/mol. The summed E-state index contributed by atoms with van der Waals surface area (Å²) in [5.74, 6) is 3.68. The van der Waals surface area contributed by atoms with Crippen LogP contribution in [-0.2, 0) is 39.8 Å². The van der Waals surface area contributed by atoms with Gasteiger partial charge in [-0.3, -0.25) is 9.00 Å². The van der Waals surface area contributed by atoms with Crippen molar-refractivity contribution >= 4 is 32.8 Å². The number of anilines is 2. The fourth-order valence-corrected chi connectivity index (χ4v) is 4.08. The van der Waals surface area contributed by atoms with Gasteiger partial charge in [-0.2, -0.15) is 13.2 Å². The van der Waals surface area contributed by atoms with Gasteiger partial charge >= 0.3 is 6.18 Å². The first kappa shape index (κ1) is 24.4. The number of aromatic nitrogens is 2. The number of ketones is 1. The number of aryl methyl sites for hydroxylation is 2. The first-order valence-corrected chi connectivity index (χ1v) is 12.2. The summed E-state index contributed by atoms with van der Waals surface area (Å²) in [5, 5.41) is 2.92. The minimum Gasteiger partial charge on any atom is -0.324 e. The van der Waals surface area contributed by atoms with Crippen LogP contribution in [-0.4, -0.2) is 32.1 Å². The molecule has 0 amide bonds. The van der Waals surface area contributed by atoms with E-state index in [9.17, 15) is 22.2 Å². The number of alkyl halides is 3. The van der Waals surface area contributed by atoms with Crippen LogP contribution in [0.1, 0.15) is 29.3 Å². The molecule has 5 nitrogen and oxygen atoms in total. The third-order valence-corrected chi connectivity index (χ3v) is 6.11. The number of carbonyl (C=O) groups excluding carboxylic acids is 1. The molecule has 0 saturated heterocycles. The Balaban J connectivity index is 1.86. The average molecular weight is 476 g/mol. The van der Waals surface area contributed by atoms with Crippen LogP contribution in [0, 0.1) is 0 Å². The van der Waals surface area contributed by atoms with Crippen molar-refractivity contribution in [1.82, 2.24) is 9.97 Å². The Labute approximate surface area is 191 Å². The molecule has 0 bridgehead atoms. The highest BCUT2D eigenvalue weighted by molar-refractivity contribution is 7.99. The van der Waals surface area contributed by atoms with Crippen LogP contribution in [0.4, 0.5) is 24.8 Å². The number of rotatable bonds is 8. The molecule has 0 radical (unpaired) electrons. The summed E-state index contributed by atoms with van der Waals surface area (Å²) in [4.78, 5) is 19.9. The topological polar surface area (TPSA) is 72.0 Å². The van der Waals surface area contributed by atoms with E-state index in [0.717, 1.165) is 17.3 Å². The highest BCUT2D eigenvalue weighted by atomic mass is 32.2. The summed E-state index contributed by atoms with van der Waals surface area (Å²) >= 11 is 0. The maximum absolute atomic E-state index is 13.5. The molecule has 0 fully saturated rings. The third kappa shape index (κ3) is 6.89. The molecule has 174 valence electrons. The quantitative estimate of drug-likeness (QED) is 0.471. The van der Waals surface area contributed by atoms with Gasteiger partial charge in [0, 0.05) is 29.5 Å². The Morgan fingerprint density at radius 2 is 1.79 bits per heavy atom. The molecule has 0 aliphatic carbocycles. The predicted molar refractivity (Wildman–Crippen MR) is 124 cm³/mol. The van der Waals surface area contributed by atoms with Crippen molar-refractivity contribution in [3.05, 3.63) is 77.1 Å². The van der Waals surface area contributed by atoms with Gasteiger partial charge in [0.2, 0.25) is 5.95 Å². The van der Waals surface area contributed by atoms with E-state index in [2.05, 4.69) is 21.2 Å². The predicted octanol–water partition coefficient (Wildman–Crippen LogP) is 4.86. The van der Waals surface area contributed by atoms with Gasteiger partial charge in [-0.25, -0.2) is 9.97 Å². The van der Waals surface area contributed by atoms with Gasteiger partial charge in [-0.05, 0) is 70.5 Å². The highest BCUT2D eigenvalue weighted by Crippen LogP contribution is 2.32. The molecule has 1 unspecified atom stereocenters. The van der Waals surface area contributed by atoms with E-state index in [-0.39, 0.29) is 36.7 Å². The van der Waals surface area contributed by atoms with Gasteiger partial charge in [0.15, 0.2) is 0 Å². The molecule has 3 rings (SSSR count). The van der Waals surface area contributed by atoms with Gasteiger partial charge in [0.1, 0.15) is 5.78 Å². The Morgan fingerprint density at radius 1 is 1.09 bits per heavy atom. The first-order chi connectivity index (χ1) is 15.4. The summed E-state index contributed by atoms with van der Waals surface area (Å²) in [6.07, 6.45) is -1.76. The van der Waals surface area contributed by atoms with E-state index < -0.39 is 21.3 Å². The molecule has 1 atom stereocenters. The molecule has 9 heteroatoms. The summed E-state index contributed by atoms with van der Waals surface area (Å²) < 4.78 is 52.8. The molecule has 3 aromatic rings. The molecule has 0 aliphatic rings. The maximum atomic E-state index is 13.5. The van der Waals surface area contributed by atoms with E-state index in [1.165, 1.54) is 13.2 Å². The number of halogens is 3. The van der Waals surface area contributed by atoms with Crippen LogP contribution in [0.2, 0.25) is 0 Å². The van der Waals surface area contributed by atoms with Gasteiger partial charge in [0.25, 0.3) is 0 Å². The minimum absolute atomic E-state index is 0.00188. The standard InChI is InChI=1S/C24H24F3N3O2S/c1-16(31)12-18-7-4-8-19(13-18)29-23-28-15-21(24(25,26)27)22(30-23)11-10-17-6-5-9-20(14-17)33(2,3)32/h4-9,13-15H,2,10-12H2,1,3H3,(H,28,29,30). The number of Topliss-reactive ketones (excluding diaryl/α,β-unsaturated/α-hetero) is 1. The number of carbonyl (C=O) groups is 1. The zero-order chi connectivity index (χ0) is 24.2. The van der Waals surface area contributed by atoms with Crippen molar-refractivity contribution in [2.45, 2.75) is 37.3 Å². The third-order valence-electron chi connectivity index (χ3n) is 4.86. The van der Waals surface area contributed by atoms with E-state index in [0.29, 0.717) is 10.6 Å². The van der Waals surface area contributed by atoms with Gasteiger partial charge in [-0.15, -0.1) is 0 Å². The number of hydrogen-bond acceptors (Lipinski definition) is 5. The smallest absolute Gasteiger partial charge is 0.324 e. The van der Waals surface area contributed by atoms with Crippen molar-refractivity contribution in [1.29, 1.82) is 0 Å². The van der Waals surface area contributed by atoms with Crippen molar-refractivity contribution in [2.75, 3.05) is 11.6 Å². The number of hydrogen-bond donors (Lipinski definition) is 1. The largest absolute Gasteiger partial charge is 0.419 e. The second-order valence-corrected chi connectivity index (χ2v) is 10.4. The molecule has 33 heavy (non-hydrogen) atoms. The Kier molecular flexibility index (Phi) is 7.22. The van der Waals surface area contributed by atoms with Crippen LogP contribution >= 0.6 is 0 Å². The molecule has 1 aromatic heterocycles. The van der Waals surface area contributed by atoms with Crippen LogP contribution in [0.5, 0.6) is 0 Å². The lowest BCUT2D eigenvalue weighted by Crippen LogP contribution is -2.14. The van der Waals surface area contributed by atoms with Crippen LogP contribution in [0.25, 0.3) is 0 Å². The summed E-state index contributed by atoms with van der Waals surface area (Å²) in [6, 6.07) is 13.8. The second-order valence-electron chi connectivity index (χ2n) is 7.91. The average Bonchev–Trinajstić information content (AvgIpc) is 2.71. The maximum Gasteiger partial charge on any atom is 0.419 e. The number of nitrogens with zero attached hydrogens (tertiary/aromatic N) is 2. The molecule has 0 saturated carbocycles. The van der Waals surface area contributed by atoms with Crippen LogP contribution in [0.15, 0.2) is 59.6 Å². The van der Waals surface area contributed by atoms with Crippen molar-refractivity contribution in [3.63, 3.8) is 0 Å². The first-order valence-electron chi connectivity index (χ1n) is 10.1. The number of benzene rings is 2. The van der Waals surface area contributed by atoms with Gasteiger partial charge in [-0.1, -0.05) is 24.3 Å². The zero-order valence-corrected chi connectivity index (χ0v) is 19.1. The van der Waals surface area contributed by atoms with Crippen molar-refractivity contribution in [2.24, 2.45) is 0 Å². The SMILES string of the molecule is C=S(C)(=O)c1cccc(CCc2nc(Nc3cccc(CC(C)=O)c3)ncc2C(F)(F)F)c1. The molecule has 2 aromatic carbocycles. The Morgan fingerprint density at radius 3 is 2.45 bits per heavy atom. The van der Waals surface area contributed by atoms with Crippen molar-refractivity contribution in [3.8, 4) is 0 Å². The summed E-state index contributed by atoms with van der Waals surface area (Å²) in [7, 11) is -2.43. The number of nitrogens with one attached hydrogen (secondary N) is 1. The minimum atomic E-state index is -4.60. The lowest BCUT2D eigenvalue weighted by atomic mass is 10.1. The molecule has 0 spiro atoms. The van der Waals surface area contributed by atoms with Gasteiger partial charge in [0.05, 0.1) is 11.3 Å². The van der Waals surface area contributed by atoms with Crippen molar-refractivity contribution < 1.29 is 22.2 Å². The normalized spacial score (nSPS) is 13.4. The van der Waals surface area contributed by atoms with Crippen LogP contribution < -0.4 is 5.32 Å². The summed E-state index contributed by atoms with van der Waals surface area (Å²) in [6.45, 7) is 1.48. The lowest BCUT2D eigenvalue weighted by Gasteiger charge is -2.14. The Bertz CT molecular complexity index is 1270. The van der Waals surface area contributed by atoms with E-state index in [1.54, 1.807) is 48.5 Å². The van der Waals surface area contributed by atoms with E-state index in [1.807, 2.05) is 0 Å². The highest BCUT2D eigenvalue weighted by Gasteiger charge is 2.34. The molecule has 1 heterocycles. The van der Waals surface area contributed by atoms with E-state index in [4.69, 9.17) is 0 Å². The molecule has 1 N–H and O–H groups in total. The molecule has 0 aliphatic heterocycles. The second kappa shape index (κ2) is 9.74.